The zero-order chi connectivity index (χ0) is 20.9. The first-order valence-corrected chi connectivity index (χ1v) is 9.87. The smallest absolute Gasteiger partial charge is 0.444 e. The topological polar surface area (TPSA) is 65.8 Å². The molecule has 9 heteroatoms. The fourth-order valence-electron chi connectivity index (χ4n) is 3.36. The fourth-order valence-corrected chi connectivity index (χ4v) is 3.36. The molecular weight excluding hydrogens is 364 g/mol. The van der Waals surface area contributed by atoms with Gasteiger partial charge >= 0.3 is 13.2 Å². The van der Waals surface area contributed by atoms with Gasteiger partial charge in [-0.15, -0.1) is 0 Å². The molecule has 2 aliphatic heterocycles. The van der Waals surface area contributed by atoms with Crippen molar-refractivity contribution in [2.24, 2.45) is 0 Å². The van der Waals surface area contributed by atoms with E-state index in [-0.39, 0.29) is 12.1 Å². The van der Waals surface area contributed by atoms with E-state index in [1.165, 1.54) is 10.9 Å². The number of hydrogen-bond donors (Lipinski definition) is 0. The molecule has 0 saturated carbocycles. The Morgan fingerprint density at radius 1 is 1.21 bits per heavy atom. The van der Waals surface area contributed by atoms with Crippen molar-refractivity contribution in [1.29, 1.82) is 0 Å². The maximum atomic E-state index is 15.1. The molecule has 1 amide bonds. The van der Waals surface area contributed by atoms with E-state index >= 15 is 4.39 Å². The van der Waals surface area contributed by atoms with Crippen LogP contribution in [0.25, 0.3) is 0 Å². The summed E-state index contributed by atoms with van der Waals surface area (Å²) >= 11 is 0. The number of likely N-dealkylation sites (tertiary alicyclic amines) is 1. The number of hydrogen-bond acceptors (Lipinski definition) is 5. The Kier molecular flexibility index (Phi) is 5.29. The number of ether oxygens (including phenoxy) is 1. The van der Waals surface area contributed by atoms with Gasteiger partial charge in [-0.1, -0.05) is 0 Å². The van der Waals surface area contributed by atoms with Crippen LogP contribution < -0.4 is 5.46 Å². The van der Waals surface area contributed by atoms with Gasteiger partial charge in [-0.25, -0.2) is 9.48 Å². The second-order valence-corrected chi connectivity index (χ2v) is 9.62. The van der Waals surface area contributed by atoms with Crippen LogP contribution in [0, 0.1) is 5.95 Å². The minimum absolute atomic E-state index is 0.116. The molecule has 3 heterocycles. The molecule has 0 unspecified atom stereocenters. The molecule has 0 aliphatic carbocycles. The van der Waals surface area contributed by atoms with Crippen molar-refractivity contribution in [3.8, 4) is 0 Å². The normalized spacial score (nSPS) is 22.6. The van der Waals surface area contributed by atoms with Gasteiger partial charge in [0.15, 0.2) is 0 Å². The SMILES string of the molecule is CC(C)(C)OC(=O)N1CCC(n2ncc(B3OC(C)(C)C(C)(C)O3)c2F)CC1. The zero-order valence-electron chi connectivity index (χ0n) is 17.9. The van der Waals surface area contributed by atoms with Gasteiger partial charge in [0, 0.05) is 13.1 Å². The number of aromatic nitrogens is 2. The van der Waals surface area contributed by atoms with E-state index in [1.54, 1.807) is 4.90 Å². The Morgan fingerprint density at radius 3 is 2.25 bits per heavy atom. The lowest BCUT2D eigenvalue weighted by atomic mass is 9.81. The third-order valence-electron chi connectivity index (χ3n) is 5.73. The largest absolute Gasteiger partial charge is 0.501 e. The number of nitrogens with zero attached hydrogens (tertiary/aromatic N) is 3. The van der Waals surface area contributed by atoms with Crippen molar-refractivity contribution in [3.63, 3.8) is 0 Å². The standard InChI is InChI=1S/C19H31BFN3O4/c1-17(2,3)26-16(25)23-10-8-13(9-11-23)24-15(21)14(12-22-24)20-27-18(4,5)19(6,7)28-20/h12-13H,8-11H2,1-7H3. The lowest BCUT2D eigenvalue weighted by molar-refractivity contribution is 0.00578. The first-order chi connectivity index (χ1) is 12.8. The van der Waals surface area contributed by atoms with Crippen LogP contribution in [0.15, 0.2) is 6.20 Å². The molecule has 1 aromatic rings. The summed E-state index contributed by atoms with van der Waals surface area (Å²) < 4.78 is 33.8. The first-order valence-electron chi connectivity index (χ1n) is 9.87. The van der Waals surface area contributed by atoms with Gasteiger partial charge in [-0.05, 0) is 61.3 Å². The lowest BCUT2D eigenvalue weighted by Crippen LogP contribution is -2.42. The van der Waals surface area contributed by atoms with Crippen molar-refractivity contribution >= 4 is 18.7 Å². The van der Waals surface area contributed by atoms with Gasteiger partial charge in [0.05, 0.1) is 28.9 Å². The maximum Gasteiger partial charge on any atom is 0.501 e. The quantitative estimate of drug-likeness (QED) is 0.721. The van der Waals surface area contributed by atoms with E-state index in [0.29, 0.717) is 31.4 Å². The second kappa shape index (κ2) is 7.02. The average molecular weight is 395 g/mol. The van der Waals surface area contributed by atoms with E-state index in [2.05, 4.69) is 5.10 Å². The summed E-state index contributed by atoms with van der Waals surface area (Å²) in [6.07, 6.45) is 2.38. The summed E-state index contributed by atoms with van der Waals surface area (Å²) in [5.41, 5.74) is -1.29. The average Bonchev–Trinajstić information content (AvgIpc) is 3.03. The van der Waals surface area contributed by atoms with E-state index in [1.807, 2.05) is 48.5 Å². The number of halogens is 1. The molecule has 28 heavy (non-hydrogen) atoms. The van der Waals surface area contributed by atoms with Crippen LogP contribution >= 0.6 is 0 Å². The van der Waals surface area contributed by atoms with Crippen LogP contribution in [0.4, 0.5) is 9.18 Å². The predicted molar refractivity (Wildman–Crippen MR) is 104 cm³/mol. The van der Waals surface area contributed by atoms with Crippen molar-refractivity contribution in [1.82, 2.24) is 14.7 Å². The molecule has 0 radical (unpaired) electrons. The Balaban J connectivity index is 1.65. The summed E-state index contributed by atoms with van der Waals surface area (Å²) in [5.74, 6) is -0.436. The summed E-state index contributed by atoms with van der Waals surface area (Å²) in [6.45, 7) is 14.3. The molecule has 0 N–H and O–H groups in total. The molecule has 0 atom stereocenters. The Morgan fingerprint density at radius 2 is 1.75 bits per heavy atom. The van der Waals surface area contributed by atoms with Gasteiger partial charge in [0.2, 0.25) is 5.95 Å². The van der Waals surface area contributed by atoms with Gasteiger partial charge in [-0.3, -0.25) is 0 Å². The number of carbonyl (C=O) groups is 1. The molecule has 156 valence electrons. The Bertz CT molecular complexity index is 720. The highest BCUT2D eigenvalue weighted by Gasteiger charge is 2.53. The highest BCUT2D eigenvalue weighted by molar-refractivity contribution is 6.62. The highest BCUT2D eigenvalue weighted by atomic mass is 19.1. The van der Waals surface area contributed by atoms with Crippen molar-refractivity contribution < 1.29 is 23.2 Å². The molecule has 1 aromatic heterocycles. The van der Waals surface area contributed by atoms with Crippen molar-refractivity contribution in [2.75, 3.05) is 13.1 Å². The minimum Gasteiger partial charge on any atom is -0.444 e. The minimum atomic E-state index is -0.777. The summed E-state index contributed by atoms with van der Waals surface area (Å²) in [6, 6.07) is -0.116. The summed E-state index contributed by atoms with van der Waals surface area (Å²) in [4.78, 5) is 13.9. The van der Waals surface area contributed by atoms with Crippen LogP contribution in [0.3, 0.4) is 0 Å². The first kappa shape index (κ1) is 21.1. The predicted octanol–water partition coefficient (Wildman–Crippen LogP) is 2.89. The van der Waals surface area contributed by atoms with Crippen LogP contribution in [0.5, 0.6) is 0 Å². The highest BCUT2D eigenvalue weighted by Crippen LogP contribution is 2.36. The molecule has 2 fully saturated rings. The summed E-state index contributed by atoms with van der Waals surface area (Å²) in [7, 11) is -0.777. The molecule has 7 nitrogen and oxygen atoms in total. The Labute approximate surface area is 166 Å². The summed E-state index contributed by atoms with van der Waals surface area (Å²) in [5, 5.41) is 4.26. The van der Waals surface area contributed by atoms with Gasteiger partial charge in [0.1, 0.15) is 5.60 Å². The second-order valence-electron chi connectivity index (χ2n) is 9.62. The third kappa shape index (κ3) is 4.05. The van der Waals surface area contributed by atoms with Gasteiger partial charge in [0.25, 0.3) is 0 Å². The molecule has 0 aromatic carbocycles. The lowest BCUT2D eigenvalue weighted by Gasteiger charge is -2.33. The maximum absolute atomic E-state index is 15.1. The van der Waals surface area contributed by atoms with E-state index in [4.69, 9.17) is 14.0 Å². The van der Waals surface area contributed by atoms with Crippen LogP contribution in [-0.2, 0) is 14.0 Å². The van der Waals surface area contributed by atoms with Crippen molar-refractivity contribution in [2.45, 2.75) is 84.2 Å². The molecule has 0 bridgehead atoms. The van der Waals surface area contributed by atoms with Crippen LogP contribution in [0.1, 0.15) is 67.3 Å². The van der Waals surface area contributed by atoms with Crippen LogP contribution in [0.2, 0.25) is 0 Å². The van der Waals surface area contributed by atoms with Crippen molar-refractivity contribution in [3.05, 3.63) is 12.1 Å². The van der Waals surface area contributed by atoms with E-state index in [0.717, 1.165) is 0 Å². The molecule has 0 spiro atoms. The number of piperidine rings is 1. The van der Waals surface area contributed by atoms with E-state index < -0.39 is 29.9 Å². The fraction of sp³-hybridized carbons (Fsp3) is 0.789. The molecule has 3 rings (SSSR count). The monoisotopic (exact) mass is 395 g/mol. The molecule has 2 aliphatic rings. The number of rotatable bonds is 2. The third-order valence-corrected chi connectivity index (χ3v) is 5.73. The molecular formula is C19H31BFN3O4. The molecule has 2 saturated heterocycles. The number of amides is 1. The van der Waals surface area contributed by atoms with Crippen LogP contribution in [-0.4, -0.2) is 57.8 Å². The number of carbonyl (C=O) groups excluding carboxylic acids is 1. The van der Waals surface area contributed by atoms with E-state index in [9.17, 15) is 4.79 Å². The van der Waals surface area contributed by atoms with Gasteiger partial charge in [-0.2, -0.15) is 9.49 Å². The van der Waals surface area contributed by atoms with Gasteiger partial charge < -0.3 is 18.9 Å². The zero-order valence-corrected chi connectivity index (χ0v) is 17.9. The Hall–Kier alpha value is -1.61.